The van der Waals surface area contributed by atoms with Gasteiger partial charge in [0.25, 0.3) is 5.91 Å². The maximum absolute atomic E-state index is 12.3. The van der Waals surface area contributed by atoms with Crippen molar-refractivity contribution in [3.05, 3.63) is 46.3 Å². The van der Waals surface area contributed by atoms with Gasteiger partial charge in [0.15, 0.2) is 5.11 Å². The predicted molar refractivity (Wildman–Crippen MR) is 105 cm³/mol. The van der Waals surface area contributed by atoms with E-state index in [1.165, 1.54) is 12.5 Å². The molecule has 3 rings (SSSR count). The maximum atomic E-state index is 12.3. The zero-order chi connectivity index (χ0) is 18.7. The molecule has 0 bridgehead atoms. The monoisotopic (exact) mass is 373 g/mol. The van der Waals surface area contributed by atoms with Gasteiger partial charge >= 0.3 is 5.63 Å². The second-order valence-electron chi connectivity index (χ2n) is 6.91. The summed E-state index contributed by atoms with van der Waals surface area (Å²) in [4.78, 5) is 24.3. The van der Waals surface area contributed by atoms with Crippen LogP contribution < -0.4 is 21.8 Å². The summed E-state index contributed by atoms with van der Waals surface area (Å²) < 4.78 is 5.18. The van der Waals surface area contributed by atoms with E-state index in [0.717, 1.165) is 12.8 Å². The Hall–Kier alpha value is -2.41. The van der Waals surface area contributed by atoms with Gasteiger partial charge in [0.2, 0.25) is 0 Å². The fourth-order valence-electron chi connectivity index (χ4n) is 3.39. The van der Waals surface area contributed by atoms with Crippen molar-refractivity contribution in [3.63, 3.8) is 0 Å². The molecule has 6 nitrogen and oxygen atoms in total. The van der Waals surface area contributed by atoms with Crippen molar-refractivity contribution >= 4 is 34.2 Å². The topological polar surface area (TPSA) is 83.4 Å². The Balaban J connectivity index is 1.61. The normalized spacial score (nSPS) is 22.6. The number of carbonyl (C=O) groups excluding carboxylic acids is 1. The first-order valence-corrected chi connectivity index (χ1v) is 9.26. The first-order chi connectivity index (χ1) is 12.5. The van der Waals surface area contributed by atoms with Gasteiger partial charge in [0, 0.05) is 11.4 Å². The van der Waals surface area contributed by atoms with Gasteiger partial charge in [-0.25, -0.2) is 4.79 Å². The molecule has 1 aromatic heterocycles. The van der Waals surface area contributed by atoms with Crippen LogP contribution in [0, 0.1) is 11.8 Å². The SMILES string of the molecule is C[C@H]1[C@@H](NC(=S)NNC(=O)c2cc3ccccc3oc2=O)CCC[C@@H]1C. The fraction of sp³-hybridized carbons (Fsp3) is 0.421. The molecule has 1 aromatic carbocycles. The number of amides is 1. The number of fused-ring (bicyclic) bond motifs is 1. The van der Waals surface area contributed by atoms with E-state index in [-0.39, 0.29) is 11.6 Å². The molecule has 1 heterocycles. The molecule has 7 heteroatoms. The minimum atomic E-state index is -0.684. The third-order valence-corrected chi connectivity index (χ3v) is 5.42. The standard InChI is InChI=1S/C19H23N3O3S/c1-11-6-5-8-15(12(11)2)20-19(26)22-21-17(23)14-10-13-7-3-4-9-16(13)25-18(14)24/h3-4,7,9-12,15H,5-6,8H2,1-2H3,(H,21,23)(H2,20,22,26)/t11-,12+,15-/m0/s1. The van der Waals surface area contributed by atoms with Gasteiger partial charge in [0.1, 0.15) is 11.1 Å². The van der Waals surface area contributed by atoms with E-state index in [0.29, 0.717) is 27.9 Å². The number of para-hydroxylation sites is 1. The molecule has 26 heavy (non-hydrogen) atoms. The minimum Gasteiger partial charge on any atom is -0.422 e. The average Bonchev–Trinajstić information content (AvgIpc) is 2.63. The number of hydrogen-bond donors (Lipinski definition) is 3. The van der Waals surface area contributed by atoms with Crippen LogP contribution in [0.25, 0.3) is 11.0 Å². The number of hydrogen-bond acceptors (Lipinski definition) is 4. The average molecular weight is 373 g/mol. The molecular weight excluding hydrogens is 350 g/mol. The molecule has 138 valence electrons. The summed E-state index contributed by atoms with van der Waals surface area (Å²) in [5.74, 6) is 0.561. The quantitative estimate of drug-likeness (QED) is 0.427. The summed E-state index contributed by atoms with van der Waals surface area (Å²) in [6.45, 7) is 4.46. The second-order valence-corrected chi connectivity index (χ2v) is 7.32. The van der Waals surface area contributed by atoms with Crippen LogP contribution in [0.3, 0.4) is 0 Å². The Morgan fingerprint density at radius 1 is 1.19 bits per heavy atom. The van der Waals surface area contributed by atoms with Crippen molar-refractivity contribution in [1.82, 2.24) is 16.2 Å². The highest BCUT2D eigenvalue weighted by Crippen LogP contribution is 2.29. The van der Waals surface area contributed by atoms with Crippen LogP contribution in [0.2, 0.25) is 0 Å². The highest BCUT2D eigenvalue weighted by molar-refractivity contribution is 7.80. The highest BCUT2D eigenvalue weighted by Gasteiger charge is 2.27. The van der Waals surface area contributed by atoms with Crippen LogP contribution in [0.5, 0.6) is 0 Å². The molecule has 1 aliphatic carbocycles. The molecule has 1 amide bonds. The van der Waals surface area contributed by atoms with Gasteiger partial charge in [-0.3, -0.25) is 15.6 Å². The van der Waals surface area contributed by atoms with Gasteiger partial charge in [-0.1, -0.05) is 44.9 Å². The fourth-order valence-corrected chi connectivity index (χ4v) is 3.59. The van der Waals surface area contributed by atoms with Crippen molar-refractivity contribution in [3.8, 4) is 0 Å². The van der Waals surface area contributed by atoms with Gasteiger partial charge in [-0.05, 0) is 42.6 Å². The van der Waals surface area contributed by atoms with Crippen molar-refractivity contribution in [2.45, 2.75) is 39.2 Å². The van der Waals surface area contributed by atoms with Gasteiger partial charge in [-0.15, -0.1) is 0 Å². The van der Waals surface area contributed by atoms with E-state index >= 15 is 0 Å². The number of hydrazine groups is 1. The van der Waals surface area contributed by atoms with Crippen LogP contribution in [-0.4, -0.2) is 17.1 Å². The number of nitrogens with one attached hydrogen (secondary N) is 3. The maximum Gasteiger partial charge on any atom is 0.349 e. The smallest absolute Gasteiger partial charge is 0.349 e. The molecule has 0 saturated heterocycles. The van der Waals surface area contributed by atoms with E-state index in [9.17, 15) is 9.59 Å². The van der Waals surface area contributed by atoms with Gasteiger partial charge in [-0.2, -0.15) is 0 Å². The van der Waals surface area contributed by atoms with Crippen molar-refractivity contribution in [2.75, 3.05) is 0 Å². The Kier molecular flexibility index (Phi) is 5.56. The summed E-state index contributed by atoms with van der Waals surface area (Å²) >= 11 is 5.27. The molecular formula is C19H23N3O3S. The van der Waals surface area contributed by atoms with Crippen molar-refractivity contribution < 1.29 is 9.21 Å². The lowest BCUT2D eigenvalue weighted by Gasteiger charge is -2.35. The van der Waals surface area contributed by atoms with E-state index in [1.54, 1.807) is 18.2 Å². The van der Waals surface area contributed by atoms with Gasteiger partial charge < -0.3 is 9.73 Å². The second kappa shape index (κ2) is 7.86. The van der Waals surface area contributed by atoms with E-state index in [4.69, 9.17) is 16.6 Å². The highest BCUT2D eigenvalue weighted by atomic mass is 32.1. The molecule has 2 aromatic rings. The zero-order valence-corrected chi connectivity index (χ0v) is 15.7. The van der Waals surface area contributed by atoms with E-state index in [2.05, 4.69) is 30.0 Å². The Morgan fingerprint density at radius 2 is 1.96 bits per heavy atom. The summed E-state index contributed by atoms with van der Waals surface area (Å²) in [6.07, 6.45) is 3.44. The van der Waals surface area contributed by atoms with Crippen LogP contribution in [-0.2, 0) is 0 Å². The number of carbonyl (C=O) groups is 1. The van der Waals surface area contributed by atoms with Crippen LogP contribution in [0.15, 0.2) is 39.5 Å². The van der Waals surface area contributed by atoms with Crippen LogP contribution in [0.4, 0.5) is 0 Å². The summed E-state index contributed by atoms with van der Waals surface area (Å²) in [5.41, 5.74) is 4.84. The molecule has 1 aliphatic rings. The molecule has 3 atom stereocenters. The summed E-state index contributed by atoms with van der Waals surface area (Å²) in [7, 11) is 0. The summed E-state index contributed by atoms with van der Waals surface area (Å²) in [6, 6.07) is 8.83. The Bertz CT molecular complexity index is 880. The first kappa shape index (κ1) is 18.4. The third kappa shape index (κ3) is 4.04. The first-order valence-electron chi connectivity index (χ1n) is 8.85. The Morgan fingerprint density at radius 3 is 2.77 bits per heavy atom. The lowest BCUT2D eigenvalue weighted by molar-refractivity contribution is 0.0939. The van der Waals surface area contributed by atoms with Crippen LogP contribution in [0.1, 0.15) is 43.5 Å². The minimum absolute atomic E-state index is 0.0707. The molecule has 1 saturated carbocycles. The van der Waals surface area contributed by atoms with Crippen molar-refractivity contribution in [1.29, 1.82) is 0 Å². The molecule has 0 radical (unpaired) electrons. The Labute approximate surface area is 157 Å². The number of benzene rings is 1. The third-order valence-electron chi connectivity index (χ3n) is 5.20. The molecule has 3 N–H and O–H groups in total. The summed E-state index contributed by atoms with van der Waals surface area (Å²) in [5, 5.41) is 4.28. The lowest BCUT2D eigenvalue weighted by atomic mass is 9.78. The van der Waals surface area contributed by atoms with Crippen molar-refractivity contribution in [2.24, 2.45) is 11.8 Å². The molecule has 0 unspecified atom stereocenters. The molecule has 0 aliphatic heterocycles. The zero-order valence-electron chi connectivity index (χ0n) is 14.9. The number of thiocarbonyl (C=S) groups is 1. The predicted octanol–water partition coefficient (Wildman–Crippen LogP) is 2.73. The van der Waals surface area contributed by atoms with Crippen LogP contribution >= 0.6 is 12.2 Å². The molecule has 0 spiro atoms. The van der Waals surface area contributed by atoms with Gasteiger partial charge in [0.05, 0.1) is 0 Å². The number of rotatable bonds is 2. The van der Waals surface area contributed by atoms with E-state index < -0.39 is 11.5 Å². The molecule has 1 fully saturated rings. The lowest BCUT2D eigenvalue weighted by Crippen LogP contribution is -2.52. The van der Waals surface area contributed by atoms with E-state index in [1.807, 2.05) is 6.07 Å². The largest absolute Gasteiger partial charge is 0.422 e.